The largest absolute Gasteiger partial charge is 0.478 e. The number of hydrogen-bond acceptors (Lipinski definition) is 2. The first kappa shape index (κ1) is 30.8. The molecule has 0 saturated carbocycles. The van der Waals surface area contributed by atoms with Gasteiger partial charge in [0.1, 0.15) is 0 Å². The van der Waals surface area contributed by atoms with Crippen LogP contribution in [0.2, 0.25) is 0 Å². The van der Waals surface area contributed by atoms with E-state index in [1.807, 2.05) is 0 Å². The Morgan fingerprint density at radius 2 is 1.21 bits per heavy atom. The van der Waals surface area contributed by atoms with E-state index in [2.05, 4.69) is 53.9 Å². The van der Waals surface area contributed by atoms with E-state index in [1.165, 1.54) is 30.6 Å². The fourth-order valence-corrected chi connectivity index (χ4v) is 1.41. The zero-order valence-electron chi connectivity index (χ0n) is 15.5. The summed E-state index contributed by atoms with van der Waals surface area (Å²) in [6.07, 6.45) is 3.44. The van der Waals surface area contributed by atoms with Crippen LogP contribution in [0, 0.1) is 11.5 Å². The number of rotatable bonds is 2. The van der Waals surface area contributed by atoms with Crippen LogP contribution in [0.15, 0.2) is 41.0 Å². The van der Waals surface area contributed by atoms with Crippen molar-refractivity contribution in [3.63, 3.8) is 0 Å². The van der Waals surface area contributed by atoms with E-state index in [9.17, 15) is 9.59 Å². The summed E-state index contributed by atoms with van der Waals surface area (Å²) in [5.74, 6) is -1.87. The molecule has 2 N–H and O–H groups in total. The zero-order chi connectivity index (χ0) is 18.2. The summed E-state index contributed by atoms with van der Waals surface area (Å²) >= 11 is 0. The molecule has 24 heavy (non-hydrogen) atoms. The Hall–Kier alpha value is -1.10. The Balaban J connectivity index is -0.000000127. The number of halogens is 1. The van der Waals surface area contributed by atoms with E-state index in [0.29, 0.717) is 0 Å². The molecule has 0 aromatic heterocycles. The normalized spacial score (nSPS) is 13.5. The molecule has 1 aliphatic carbocycles. The monoisotopic (exact) mass is 391 g/mol. The van der Waals surface area contributed by atoms with Crippen molar-refractivity contribution in [3.05, 3.63) is 47.1 Å². The number of hydrogen-bond donors (Lipinski definition) is 2. The molecule has 1 rings (SSSR count). The molecule has 0 heterocycles. The predicted octanol–water partition coefficient (Wildman–Crippen LogP) is 4.83. The van der Waals surface area contributed by atoms with Crippen LogP contribution in [-0.2, 0) is 31.3 Å². The minimum Gasteiger partial charge on any atom is -0.478 e. The molecular formula is C18H28ClO4Ti-. The second-order valence-electron chi connectivity index (χ2n) is 5.80. The molecule has 0 aromatic rings. The average molecular weight is 392 g/mol. The molecule has 0 fully saturated rings. The fourth-order valence-electron chi connectivity index (χ4n) is 1.41. The van der Waals surface area contributed by atoms with Crippen molar-refractivity contribution in [1.29, 1.82) is 0 Å². The molecular weight excluding hydrogens is 364 g/mol. The first-order valence-electron chi connectivity index (χ1n) is 6.81. The third kappa shape index (κ3) is 12.3. The first-order chi connectivity index (χ1) is 9.73. The maximum atomic E-state index is 9.60. The van der Waals surface area contributed by atoms with Crippen LogP contribution in [-0.4, -0.2) is 22.2 Å². The van der Waals surface area contributed by atoms with Gasteiger partial charge in [0.25, 0.3) is 0 Å². The first-order valence-corrected chi connectivity index (χ1v) is 6.81. The molecule has 0 spiro atoms. The van der Waals surface area contributed by atoms with Gasteiger partial charge in [-0.25, -0.2) is 15.2 Å². The van der Waals surface area contributed by atoms with E-state index < -0.39 is 11.9 Å². The second kappa shape index (κ2) is 13.2. The van der Waals surface area contributed by atoms with Crippen LogP contribution >= 0.6 is 12.4 Å². The Labute approximate surface area is 166 Å². The molecule has 6 heteroatoms. The Kier molecular flexibility index (Phi) is 16.9. The summed E-state index contributed by atoms with van der Waals surface area (Å²) in [7, 11) is 0. The van der Waals surface area contributed by atoms with Gasteiger partial charge in [-0.2, -0.15) is 11.1 Å². The molecule has 0 aromatic carbocycles. The number of carboxylic acid groups (broad SMARTS) is 2. The molecule has 0 bridgehead atoms. The van der Waals surface area contributed by atoms with E-state index in [0.717, 1.165) is 0 Å². The summed E-state index contributed by atoms with van der Waals surface area (Å²) in [6, 6.07) is 0. The van der Waals surface area contributed by atoms with E-state index in [1.54, 1.807) is 0 Å². The van der Waals surface area contributed by atoms with Crippen molar-refractivity contribution >= 4 is 24.3 Å². The maximum Gasteiger partial charge on any atom is 0.330 e. The van der Waals surface area contributed by atoms with Crippen LogP contribution in [0.4, 0.5) is 0 Å². The Bertz CT molecular complexity index is 495. The van der Waals surface area contributed by atoms with E-state index in [4.69, 9.17) is 10.2 Å². The van der Waals surface area contributed by atoms with E-state index in [-0.39, 0.29) is 50.7 Å². The number of allylic oxidation sites excluding steroid dienone is 4. The van der Waals surface area contributed by atoms with Crippen LogP contribution in [0.25, 0.3) is 0 Å². The standard InChI is InChI=1S/C10H15.2C4H6O2.ClH.Ti/c1-7-6-10(4,5)9(3)8(7)2;2*1-3(2)4(5)6;;/h1-5H3;2*1H2,2H3,(H,5,6);1H;/q-1;;;;. The summed E-state index contributed by atoms with van der Waals surface area (Å²) in [5, 5.41) is 15.8. The second-order valence-corrected chi connectivity index (χ2v) is 5.80. The van der Waals surface area contributed by atoms with Crippen molar-refractivity contribution in [2.45, 2.75) is 48.5 Å². The predicted molar refractivity (Wildman–Crippen MR) is 96.7 cm³/mol. The van der Waals surface area contributed by atoms with Crippen LogP contribution in [0.1, 0.15) is 48.5 Å². The molecule has 4 nitrogen and oxygen atoms in total. The summed E-state index contributed by atoms with van der Waals surface area (Å²) in [4.78, 5) is 19.2. The van der Waals surface area contributed by atoms with Gasteiger partial charge in [0, 0.05) is 32.9 Å². The van der Waals surface area contributed by atoms with Crippen LogP contribution < -0.4 is 0 Å². The van der Waals surface area contributed by atoms with Gasteiger partial charge in [-0.05, 0) is 13.8 Å². The summed E-state index contributed by atoms with van der Waals surface area (Å²) in [6.45, 7) is 20.1. The van der Waals surface area contributed by atoms with Gasteiger partial charge in [-0.3, -0.25) is 6.08 Å². The Morgan fingerprint density at radius 1 is 0.958 bits per heavy atom. The third-order valence-electron chi connectivity index (χ3n) is 3.29. The number of carboxylic acids is 2. The average Bonchev–Trinajstić information content (AvgIpc) is 2.53. The summed E-state index contributed by atoms with van der Waals surface area (Å²) in [5.41, 5.74) is 4.75. The quantitative estimate of drug-likeness (QED) is 0.402. The smallest absolute Gasteiger partial charge is 0.330 e. The van der Waals surface area contributed by atoms with Gasteiger partial charge in [0.2, 0.25) is 0 Å². The molecule has 0 unspecified atom stereocenters. The van der Waals surface area contributed by atoms with Crippen molar-refractivity contribution in [2.75, 3.05) is 0 Å². The van der Waals surface area contributed by atoms with Gasteiger partial charge in [0.05, 0.1) is 0 Å². The molecule has 0 saturated heterocycles. The minimum atomic E-state index is -0.935. The van der Waals surface area contributed by atoms with Gasteiger partial charge in [-0.1, -0.05) is 46.3 Å². The van der Waals surface area contributed by atoms with Crippen molar-refractivity contribution in [3.8, 4) is 0 Å². The molecule has 136 valence electrons. The van der Waals surface area contributed by atoms with E-state index >= 15 is 0 Å². The molecule has 1 aliphatic rings. The SMILES string of the molecule is C=C(C)C(=O)O.C=C(C)C(=O)O.CC1=[C-]C(C)(C)C(C)=C1C.Cl.[Ti]. The van der Waals surface area contributed by atoms with Crippen molar-refractivity contribution < 1.29 is 41.5 Å². The van der Waals surface area contributed by atoms with Gasteiger partial charge < -0.3 is 10.2 Å². The number of aliphatic carboxylic acids is 2. The van der Waals surface area contributed by atoms with Crippen molar-refractivity contribution in [1.82, 2.24) is 0 Å². The fraction of sp³-hybridized carbons (Fsp3) is 0.444. The third-order valence-corrected chi connectivity index (χ3v) is 3.29. The molecule has 0 radical (unpaired) electrons. The van der Waals surface area contributed by atoms with Crippen LogP contribution in [0.3, 0.4) is 0 Å². The van der Waals surface area contributed by atoms with Gasteiger partial charge in [-0.15, -0.1) is 19.3 Å². The molecule has 0 aliphatic heterocycles. The topological polar surface area (TPSA) is 74.6 Å². The Morgan fingerprint density at radius 3 is 1.25 bits per heavy atom. The molecule has 0 atom stereocenters. The summed E-state index contributed by atoms with van der Waals surface area (Å²) < 4.78 is 0. The van der Waals surface area contributed by atoms with Gasteiger partial charge >= 0.3 is 11.9 Å². The minimum absolute atomic E-state index is 0. The van der Waals surface area contributed by atoms with Gasteiger partial charge in [0.15, 0.2) is 0 Å². The maximum absolute atomic E-state index is 9.60. The molecule has 0 amide bonds. The van der Waals surface area contributed by atoms with Crippen LogP contribution in [0.5, 0.6) is 0 Å². The van der Waals surface area contributed by atoms with Crippen molar-refractivity contribution in [2.24, 2.45) is 5.41 Å². The zero-order valence-corrected chi connectivity index (χ0v) is 17.9. The number of carbonyl (C=O) groups is 2.